The zero-order chi connectivity index (χ0) is 17.1. The Morgan fingerprint density at radius 2 is 2.08 bits per heavy atom. The average molecular weight is 347 g/mol. The topological polar surface area (TPSA) is 84.5 Å². The van der Waals surface area contributed by atoms with Crippen LogP contribution in [0.3, 0.4) is 0 Å². The molecule has 0 unspecified atom stereocenters. The van der Waals surface area contributed by atoms with Gasteiger partial charge in [-0.1, -0.05) is 11.6 Å². The van der Waals surface area contributed by atoms with Gasteiger partial charge in [-0.15, -0.1) is 0 Å². The van der Waals surface area contributed by atoms with Crippen LogP contribution in [0, 0.1) is 0 Å². The molecule has 0 radical (unpaired) electrons. The summed E-state index contributed by atoms with van der Waals surface area (Å²) in [5, 5.41) is 6.55. The first kappa shape index (κ1) is 16.1. The summed E-state index contributed by atoms with van der Waals surface area (Å²) in [5.41, 5.74) is 0.555. The van der Waals surface area contributed by atoms with Crippen molar-refractivity contribution in [3.63, 3.8) is 0 Å². The first-order valence-electron chi connectivity index (χ1n) is 7.33. The van der Waals surface area contributed by atoms with Crippen LogP contribution in [-0.2, 0) is 11.3 Å². The fraction of sp³-hybridized carbons (Fsp3) is 0.176. The molecule has 6 nitrogen and oxygen atoms in total. The Kier molecular flexibility index (Phi) is 4.57. The summed E-state index contributed by atoms with van der Waals surface area (Å²) in [6.45, 7) is 1.85. The van der Waals surface area contributed by atoms with Crippen molar-refractivity contribution in [2.45, 2.75) is 19.5 Å². The molecule has 0 saturated heterocycles. The Labute approximate surface area is 142 Å². The highest BCUT2D eigenvalue weighted by Gasteiger charge is 2.19. The number of hydrogen-bond donors (Lipinski definition) is 2. The maximum Gasteiger partial charge on any atom is 0.287 e. The van der Waals surface area contributed by atoms with Crippen LogP contribution < -0.4 is 10.6 Å². The maximum atomic E-state index is 12.2. The maximum absolute atomic E-state index is 12.2. The molecule has 2 aromatic heterocycles. The van der Waals surface area contributed by atoms with Crippen molar-refractivity contribution in [3.05, 3.63) is 59.2 Å². The van der Waals surface area contributed by atoms with Crippen molar-refractivity contribution >= 4 is 34.4 Å². The minimum Gasteiger partial charge on any atom is -0.467 e. The third-order valence-corrected chi connectivity index (χ3v) is 3.70. The highest BCUT2D eigenvalue weighted by Crippen LogP contribution is 2.23. The quantitative estimate of drug-likeness (QED) is 0.743. The van der Waals surface area contributed by atoms with Crippen molar-refractivity contribution in [2.75, 3.05) is 0 Å². The van der Waals surface area contributed by atoms with Crippen LogP contribution in [0.1, 0.15) is 23.2 Å². The molecule has 0 fully saturated rings. The molecule has 2 amide bonds. The van der Waals surface area contributed by atoms with Gasteiger partial charge in [-0.25, -0.2) is 0 Å². The number of hydrogen-bond acceptors (Lipinski definition) is 4. The summed E-state index contributed by atoms with van der Waals surface area (Å²) in [6, 6.07) is 9.43. The standard InChI is InChI=1S/C17H15ClN2O4/c1-10(16(21)19-9-13-3-2-6-23-13)20-17(22)15-8-11-7-12(18)4-5-14(11)24-15/h2-8,10H,9H2,1H3,(H,19,21)(H,20,22)/t10-/m1/s1. The van der Waals surface area contributed by atoms with Crippen molar-refractivity contribution in [3.8, 4) is 0 Å². The highest BCUT2D eigenvalue weighted by atomic mass is 35.5. The molecule has 2 N–H and O–H groups in total. The van der Waals surface area contributed by atoms with Gasteiger partial charge in [-0.3, -0.25) is 9.59 Å². The number of rotatable bonds is 5. The van der Waals surface area contributed by atoms with E-state index in [0.29, 0.717) is 16.4 Å². The molecule has 124 valence electrons. The van der Waals surface area contributed by atoms with Crippen molar-refractivity contribution in [2.24, 2.45) is 0 Å². The lowest BCUT2D eigenvalue weighted by Gasteiger charge is -2.12. The molecule has 3 aromatic rings. The van der Waals surface area contributed by atoms with Crippen LogP contribution in [0.25, 0.3) is 11.0 Å². The molecular weight excluding hydrogens is 332 g/mol. The predicted molar refractivity (Wildman–Crippen MR) is 88.7 cm³/mol. The molecule has 1 atom stereocenters. The van der Waals surface area contributed by atoms with Crippen molar-refractivity contribution < 1.29 is 18.4 Å². The summed E-state index contributed by atoms with van der Waals surface area (Å²) in [4.78, 5) is 24.2. The number of benzene rings is 1. The van der Waals surface area contributed by atoms with E-state index >= 15 is 0 Å². The number of carbonyl (C=O) groups excluding carboxylic acids is 2. The molecule has 1 aromatic carbocycles. The molecule has 2 heterocycles. The van der Waals surface area contributed by atoms with Crippen LogP contribution in [0.15, 0.2) is 51.5 Å². The summed E-state index contributed by atoms with van der Waals surface area (Å²) in [6.07, 6.45) is 1.53. The van der Waals surface area contributed by atoms with E-state index in [0.717, 1.165) is 5.39 Å². The lowest BCUT2D eigenvalue weighted by molar-refractivity contribution is -0.122. The largest absolute Gasteiger partial charge is 0.467 e. The Hall–Kier alpha value is -2.73. The molecule has 7 heteroatoms. The number of carbonyl (C=O) groups is 2. The second-order valence-corrected chi connectivity index (χ2v) is 5.72. The SMILES string of the molecule is C[C@@H](NC(=O)c1cc2cc(Cl)ccc2o1)C(=O)NCc1ccco1. The predicted octanol–water partition coefficient (Wildman–Crippen LogP) is 3.11. The summed E-state index contributed by atoms with van der Waals surface area (Å²) in [5.74, 6) is -0.0316. The minimum atomic E-state index is -0.718. The zero-order valence-corrected chi connectivity index (χ0v) is 13.6. The molecule has 0 saturated carbocycles. The molecule has 0 aliphatic heterocycles. The average Bonchev–Trinajstić information content (AvgIpc) is 3.21. The van der Waals surface area contributed by atoms with E-state index in [1.54, 1.807) is 43.3 Å². The number of halogens is 1. The third kappa shape index (κ3) is 3.60. The molecule has 0 spiro atoms. The molecule has 3 rings (SSSR count). The first-order valence-corrected chi connectivity index (χ1v) is 7.71. The normalized spacial score (nSPS) is 12.1. The van der Waals surface area contributed by atoms with Crippen LogP contribution in [0.2, 0.25) is 5.02 Å². The smallest absolute Gasteiger partial charge is 0.287 e. The fourth-order valence-electron chi connectivity index (χ4n) is 2.20. The van der Waals surface area contributed by atoms with Gasteiger partial charge in [0.25, 0.3) is 5.91 Å². The zero-order valence-electron chi connectivity index (χ0n) is 12.8. The van der Waals surface area contributed by atoms with Gasteiger partial charge in [0, 0.05) is 10.4 Å². The van der Waals surface area contributed by atoms with Crippen LogP contribution >= 0.6 is 11.6 Å². The van der Waals surface area contributed by atoms with E-state index in [-0.39, 0.29) is 18.2 Å². The van der Waals surface area contributed by atoms with Crippen molar-refractivity contribution in [1.82, 2.24) is 10.6 Å². The summed E-state index contributed by atoms with van der Waals surface area (Å²) in [7, 11) is 0. The lowest BCUT2D eigenvalue weighted by atomic mass is 10.2. The van der Waals surface area contributed by atoms with Crippen LogP contribution in [0.5, 0.6) is 0 Å². The minimum absolute atomic E-state index is 0.123. The Balaban J connectivity index is 1.61. The van der Waals surface area contributed by atoms with E-state index in [4.69, 9.17) is 20.4 Å². The lowest BCUT2D eigenvalue weighted by Crippen LogP contribution is -2.44. The van der Waals surface area contributed by atoms with Crippen molar-refractivity contribution in [1.29, 1.82) is 0 Å². The Bertz CT molecular complexity index is 870. The van der Waals surface area contributed by atoms with E-state index in [1.165, 1.54) is 6.26 Å². The van der Waals surface area contributed by atoms with Crippen LogP contribution in [-0.4, -0.2) is 17.9 Å². The van der Waals surface area contributed by atoms with Gasteiger partial charge >= 0.3 is 0 Å². The van der Waals surface area contributed by atoms with Gasteiger partial charge in [-0.05, 0) is 43.3 Å². The molecule has 0 aliphatic rings. The molecule has 24 heavy (non-hydrogen) atoms. The highest BCUT2D eigenvalue weighted by molar-refractivity contribution is 6.31. The molecule has 0 bridgehead atoms. The van der Waals surface area contributed by atoms with Gasteiger partial charge in [-0.2, -0.15) is 0 Å². The molecule has 0 aliphatic carbocycles. The van der Waals surface area contributed by atoms with E-state index < -0.39 is 11.9 Å². The van der Waals surface area contributed by atoms with E-state index in [1.807, 2.05) is 0 Å². The fourth-order valence-corrected chi connectivity index (χ4v) is 2.38. The number of amides is 2. The third-order valence-electron chi connectivity index (χ3n) is 3.46. The second-order valence-electron chi connectivity index (χ2n) is 5.29. The number of furan rings is 2. The number of fused-ring (bicyclic) bond motifs is 1. The van der Waals surface area contributed by atoms with E-state index in [2.05, 4.69) is 10.6 Å². The summed E-state index contributed by atoms with van der Waals surface area (Å²) >= 11 is 5.91. The monoisotopic (exact) mass is 346 g/mol. The Morgan fingerprint density at radius 1 is 1.25 bits per heavy atom. The van der Waals surface area contributed by atoms with Crippen LogP contribution in [0.4, 0.5) is 0 Å². The molecular formula is C17H15ClN2O4. The first-order chi connectivity index (χ1) is 11.5. The Morgan fingerprint density at radius 3 is 2.83 bits per heavy atom. The van der Waals surface area contributed by atoms with Gasteiger partial charge in [0.2, 0.25) is 5.91 Å². The van der Waals surface area contributed by atoms with Gasteiger partial charge in [0.15, 0.2) is 5.76 Å². The van der Waals surface area contributed by atoms with Gasteiger partial charge < -0.3 is 19.5 Å². The van der Waals surface area contributed by atoms with Gasteiger partial charge in [0.05, 0.1) is 12.8 Å². The summed E-state index contributed by atoms with van der Waals surface area (Å²) < 4.78 is 10.6. The van der Waals surface area contributed by atoms with Gasteiger partial charge in [0.1, 0.15) is 17.4 Å². The van der Waals surface area contributed by atoms with E-state index in [9.17, 15) is 9.59 Å². The second kappa shape index (κ2) is 6.80. The number of nitrogens with one attached hydrogen (secondary N) is 2.